The third kappa shape index (κ3) is 5.66. The Morgan fingerprint density at radius 1 is 1.21 bits per heavy atom. The highest BCUT2D eigenvalue weighted by atomic mass is 35.5. The fourth-order valence-corrected chi connectivity index (χ4v) is 3.38. The molecule has 150 valence electrons. The van der Waals surface area contributed by atoms with Gasteiger partial charge in [0.2, 0.25) is 5.91 Å². The first-order valence-corrected chi connectivity index (χ1v) is 10.2. The average Bonchev–Trinajstić information content (AvgIpc) is 3.19. The number of rotatable bonds is 7. The van der Waals surface area contributed by atoms with Crippen molar-refractivity contribution in [3.8, 4) is 0 Å². The van der Waals surface area contributed by atoms with Gasteiger partial charge in [-0.2, -0.15) is 0 Å². The van der Waals surface area contributed by atoms with Gasteiger partial charge in [0, 0.05) is 24.3 Å². The van der Waals surface area contributed by atoms with Crippen molar-refractivity contribution < 1.29 is 9.59 Å². The summed E-state index contributed by atoms with van der Waals surface area (Å²) < 4.78 is 0. The summed E-state index contributed by atoms with van der Waals surface area (Å²) in [6.45, 7) is 1.94. The van der Waals surface area contributed by atoms with E-state index in [0.29, 0.717) is 27.4 Å². The number of amides is 2. The lowest BCUT2D eigenvalue weighted by Gasteiger charge is -2.13. The number of halogens is 2. The molecule has 3 rings (SSSR count). The third-order valence-electron chi connectivity index (χ3n) is 3.86. The second-order valence-corrected chi connectivity index (χ2v) is 7.68. The lowest BCUT2D eigenvalue weighted by atomic mass is 10.2. The maximum absolute atomic E-state index is 12.4. The molecule has 0 aliphatic carbocycles. The SMILES string of the molecule is CC(NC(=O)c1csc(Nc2cccc(Cl)c2Cl)n1)C(=O)NCc1cccnc1. The quantitative estimate of drug-likeness (QED) is 0.505. The van der Waals surface area contributed by atoms with Crippen LogP contribution in [0.3, 0.4) is 0 Å². The monoisotopic (exact) mass is 449 g/mol. The molecule has 0 saturated carbocycles. The van der Waals surface area contributed by atoms with E-state index in [9.17, 15) is 9.59 Å². The van der Waals surface area contributed by atoms with Gasteiger partial charge in [-0.1, -0.05) is 35.3 Å². The highest BCUT2D eigenvalue weighted by Gasteiger charge is 2.18. The molecule has 0 spiro atoms. The van der Waals surface area contributed by atoms with Gasteiger partial charge in [0.25, 0.3) is 5.91 Å². The van der Waals surface area contributed by atoms with Crippen molar-refractivity contribution in [2.24, 2.45) is 0 Å². The number of pyridine rings is 1. The van der Waals surface area contributed by atoms with Crippen LogP contribution in [0.5, 0.6) is 0 Å². The van der Waals surface area contributed by atoms with Gasteiger partial charge in [-0.05, 0) is 30.7 Å². The fourth-order valence-electron chi connectivity index (χ4n) is 2.33. The van der Waals surface area contributed by atoms with E-state index in [1.54, 1.807) is 49.0 Å². The predicted molar refractivity (Wildman–Crippen MR) is 115 cm³/mol. The van der Waals surface area contributed by atoms with Crippen molar-refractivity contribution in [1.82, 2.24) is 20.6 Å². The summed E-state index contributed by atoms with van der Waals surface area (Å²) in [4.78, 5) is 32.8. The van der Waals surface area contributed by atoms with Crippen LogP contribution in [0.4, 0.5) is 10.8 Å². The van der Waals surface area contributed by atoms with Crippen molar-refractivity contribution in [2.75, 3.05) is 5.32 Å². The average molecular weight is 450 g/mol. The van der Waals surface area contributed by atoms with Gasteiger partial charge in [-0.3, -0.25) is 14.6 Å². The molecule has 2 amide bonds. The fraction of sp³-hybridized carbons (Fsp3) is 0.158. The van der Waals surface area contributed by atoms with E-state index in [1.165, 1.54) is 11.3 Å². The summed E-state index contributed by atoms with van der Waals surface area (Å²) in [7, 11) is 0. The minimum atomic E-state index is -0.723. The van der Waals surface area contributed by atoms with E-state index in [0.717, 1.165) is 5.56 Å². The number of nitrogens with zero attached hydrogens (tertiary/aromatic N) is 2. The lowest BCUT2D eigenvalue weighted by Crippen LogP contribution is -2.44. The minimum Gasteiger partial charge on any atom is -0.350 e. The van der Waals surface area contributed by atoms with Crippen LogP contribution in [0, 0.1) is 0 Å². The van der Waals surface area contributed by atoms with Crippen molar-refractivity contribution >= 4 is 57.2 Å². The maximum Gasteiger partial charge on any atom is 0.271 e. The molecule has 10 heteroatoms. The molecule has 3 N–H and O–H groups in total. The normalized spacial score (nSPS) is 11.6. The Bertz CT molecular complexity index is 1010. The van der Waals surface area contributed by atoms with Crippen molar-refractivity contribution in [3.63, 3.8) is 0 Å². The minimum absolute atomic E-state index is 0.197. The molecule has 0 aliphatic rings. The summed E-state index contributed by atoms with van der Waals surface area (Å²) in [6, 6.07) is 8.10. The number of thiazole rings is 1. The molecule has 3 aromatic rings. The maximum atomic E-state index is 12.4. The van der Waals surface area contributed by atoms with Crippen LogP contribution >= 0.6 is 34.5 Å². The lowest BCUT2D eigenvalue weighted by molar-refractivity contribution is -0.122. The van der Waals surface area contributed by atoms with Crippen LogP contribution in [0.15, 0.2) is 48.1 Å². The summed E-state index contributed by atoms with van der Waals surface area (Å²) in [5.41, 5.74) is 1.65. The Kier molecular flexibility index (Phi) is 7.03. The van der Waals surface area contributed by atoms with Gasteiger partial charge in [-0.25, -0.2) is 4.98 Å². The number of benzene rings is 1. The van der Waals surface area contributed by atoms with Crippen LogP contribution in [0.2, 0.25) is 10.0 Å². The predicted octanol–water partition coefficient (Wildman–Crippen LogP) is 4.02. The number of aromatic nitrogens is 2. The third-order valence-corrected chi connectivity index (χ3v) is 5.44. The Morgan fingerprint density at radius 2 is 2.03 bits per heavy atom. The van der Waals surface area contributed by atoms with Gasteiger partial charge >= 0.3 is 0 Å². The zero-order valence-corrected chi connectivity index (χ0v) is 17.6. The van der Waals surface area contributed by atoms with Gasteiger partial charge in [0.05, 0.1) is 15.7 Å². The van der Waals surface area contributed by atoms with E-state index in [4.69, 9.17) is 23.2 Å². The molecule has 0 saturated heterocycles. The molecule has 7 nitrogen and oxygen atoms in total. The van der Waals surface area contributed by atoms with Crippen LogP contribution in [-0.2, 0) is 11.3 Å². The molecule has 1 unspecified atom stereocenters. The van der Waals surface area contributed by atoms with Crippen LogP contribution < -0.4 is 16.0 Å². The summed E-state index contributed by atoms with van der Waals surface area (Å²) in [5, 5.41) is 11.3. The standard InChI is InChI=1S/C19H17Cl2N5O2S/c1-11(17(27)23-9-12-4-3-7-22-8-12)24-18(28)15-10-29-19(26-15)25-14-6-2-5-13(20)16(14)21/h2-8,10-11H,9H2,1H3,(H,23,27)(H,24,28)(H,25,26). The summed E-state index contributed by atoms with van der Waals surface area (Å²) >= 11 is 13.4. The second kappa shape index (κ2) is 9.69. The molecule has 1 aromatic carbocycles. The summed E-state index contributed by atoms with van der Waals surface area (Å²) in [5.74, 6) is -0.753. The van der Waals surface area contributed by atoms with Gasteiger partial charge in [0.15, 0.2) is 5.13 Å². The number of anilines is 2. The topological polar surface area (TPSA) is 96.0 Å². The number of nitrogens with one attached hydrogen (secondary N) is 3. The number of carbonyl (C=O) groups excluding carboxylic acids is 2. The molecule has 2 aromatic heterocycles. The highest BCUT2D eigenvalue weighted by Crippen LogP contribution is 2.32. The number of hydrogen-bond acceptors (Lipinski definition) is 6. The van der Waals surface area contributed by atoms with E-state index in [-0.39, 0.29) is 11.6 Å². The van der Waals surface area contributed by atoms with Gasteiger partial charge in [0.1, 0.15) is 11.7 Å². The second-order valence-electron chi connectivity index (χ2n) is 6.04. The Labute approximate surface area is 181 Å². The molecule has 1 atom stereocenters. The zero-order valence-electron chi connectivity index (χ0n) is 15.3. The van der Waals surface area contributed by atoms with Crippen LogP contribution in [0.25, 0.3) is 0 Å². The molecule has 0 aliphatic heterocycles. The highest BCUT2D eigenvalue weighted by molar-refractivity contribution is 7.14. The Morgan fingerprint density at radius 3 is 2.79 bits per heavy atom. The van der Waals surface area contributed by atoms with E-state index in [1.807, 2.05) is 6.07 Å². The van der Waals surface area contributed by atoms with Crippen molar-refractivity contribution in [2.45, 2.75) is 19.5 Å². The van der Waals surface area contributed by atoms with Crippen molar-refractivity contribution in [3.05, 3.63) is 69.4 Å². The Hall–Kier alpha value is -2.68. The molecule has 0 radical (unpaired) electrons. The number of hydrogen-bond donors (Lipinski definition) is 3. The van der Waals surface area contributed by atoms with Crippen LogP contribution in [-0.4, -0.2) is 27.8 Å². The first-order chi connectivity index (χ1) is 13.9. The van der Waals surface area contributed by atoms with E-state index >= 15 is 0 Å². The smallest absolute Gasteiger partial charge is 0.271 e. The molecule has 29 heavy (non-hydrogen) atoms. The van der Waals surface area contributed by atoms with Crippen LogP contribution in [0.1, 0.15) is 23.0 Å². The van der Waals surface area contributed by atoms with E-state index in [2.05, 4.69) is 25.9 Å². The molecule has 2 heterocycles. The largest absolute Gasteiger partial charge is 0.350 e. The molecular formula is C19H17Cl2N5O2S. The Balaban J connectivity index is 1.55. The summed E-state index contributed by atoms with van der Waals surface area (Å²) in [6.07, 6.45) is 3.32. The first kappa shape index (κ1) is 21.0. The van der Waals surface area contributed by atoms with Gasteiger partial charge < -0.3 is 16.0 Å². The number of carbonyl (C=O) groups is 2. The van der Waals surface area contributed by atoms with E-state index < -0.39 is 11.9 Å². The first-order valence-electron chi connectivity index (χ1n) is 8.58. The zero-order chi connectivity index (χ0) is 20.8. The van der Waals surface area contributed by atoms with Crippen molar-refractivity contribution in [1.29, 1.82) is 0 Å². The van der Waals surface area contributed by atoms with Gasteiger partial charge in [-0.15, -0.1) is 11.3 Å². The molecular weight excluding hydrogens is 433 g/mol. The molecule has 0 bridgehead atoms. The molecule has 0 fully saturated rings.